The van der Waals surface area contributed by atoms with Gasteiger partial charge in [-0.2, -0.15) is 0 Å². The summed E-state index contributed by atoms with van der Waals surface area (Å²) in [7, 11) is 3.05. The van der Waals surface area contributed by atoms with Gasteiger partial charge in [-0.15, -0.1) is 20.5 Å². The van der Waals surface area contributed by atoms with Gasteiger partial charge in [0.05, 0.1) is 48.1 Å². The monoisotopic (exact) mass is 666 g/mol. The van der Waals surface area contributed by atoms with Crippen molar-refractivity contribution in [2.45, 2.75) is 0 Å². The van der Waals surface area contributed by atoms with Gasteiger partial charge in [-0.05, 0) is 72.8 Å². The maximum atomic E-state index is 12.2. The van der Waals surface area contributed by atoms with Crippen LogP contribution in [0.3, 0.4) is 0 Å². The third kappa shape index (κ3) is 9.89. The first-order chi connectivity index (χ1) is 24.5. The minimum atomic E-state index is -0.269. The molecule has 0 aliphatic carbocycles. The molecule has 0 unspecified atom stereocenters. The number of azo groups is 2. The first-order valence-corrected chi connectivity index (χ1v) is 15.0. The van der Waals surface area contributed by atoms with Crippen LogP contribution in [0.1, 0.15) is 20.7 Å². The largest absolute Gasteiger partial charge is 0.494 e. The average Bonchev–Trinajstić information content (AvgIpc) is 3.18. The number of hydrogen-bond acceptors (Lipinski definition) is 12. The first kappa shape index (κ1) is 34.1. The van der Waals surface area contributed by atoms with E-state index in [0.29, 0.717) is 57.0 Å². The molecule has 0 saturated carbocycles. The van der Waals surface area contributed by atoms with Gasteiger partial charge in [0.1, 0.15) is 11.5 Å². The van der Waals surface area contributed by atoms with Gasteiger partial charge in [0.25, 0.3) is 11.8 Å². The average molecular weight is 667 g/mol. The summed E-state index contributed by atoms with van der Waals surface area (Å²) in [6, 6.07) is 27.8. The zero-order chi connectivity index (χ0) is 35.0. The smallest absolute Gasteiger partial charge is 0.257 e. The number of benzene rings is 2. The highest BCUT2D eigenvalue weighted by Gasteiger charge is 2.12. The summed E-state index contributed by atoms with van der Waals surface area (Å²) in [5, 5.41) is 21.9. The number of aromatic nitrogens is 4. The van der Waals surface area contributed by atoms with Crippen LogP contribution >= 0.6 is 0 Å². The van der Waals surface area contributed by atoms with E-state index in [-0.39, 0.29) is 11.8 Å². The number of carbonyl (C=O) groups is 2. The van der Waals surface area contributed by atoms with Crippen LogP contribution in [0, 0.1) is 0 Å². The lowest BCUT2D eigenvalue weighted by molar-refractivity contribution is 0.101. The Bertz CT molecular complexity index is 1920. The number of methoxy groups -OCH3 is 2. The van der Waals surface area contributed by atoms with Crippen LogP contribution in [0.15, 0.2) is 155 Å². The third-order valence-electron chi connectivity index (χ3n) is 6.55. The topological polar surface area (TPSA) is 178 Å². The molecule has 0 saturated heterocycles. The molecule has 0 spiro atoms. The van der Waals surface area contributed by atoms with Crippen molar-refractivity contribution in [1.29, 1.82) is 0 Å². The van der Waals surface area contributed by atoms with Crippen LogP contribution in [0.25, 0.3) is 0 Å². The first-order valence-electron chi connectivity index (χ1n) is 15.0. The predicted octanol–water partition coefficient (Wildman–Crippen LogP) is 8.31. The molecule has 6 rings (SSSR count). The van der Waals surface area contributed by atoms with Gasteiger partial charge in [0.15, 0.2) is 11.6 Å². The van der Waals surface area contributed by atoms with E-state index in [1.54, 1.807) is 97.6 Å². The second-order valence-corrected chi connectivity index (χ2v) is 9.94. The quantitative estimate of drug-likeness (QED) is 0.137. The molecule has 50 heavy (non-hydrogen) atoms. The Morgan fingerprint density at radius 1 is 0.540 bits per heavy atom. The van der Waals surface area contributed by atoms with Gasteiger partial charge < -0.3 is 20.1 Å². The zero-order valence-corrected chi connectivity index (χ0v) is 26.9. The second kappa shape index (κ2) is 17.6. The number of amides is 2. The normalized spacial score (nSPS) is 10.6. The van der Waals surface area contributed by atoms with Crippen molar-refractivity contribution in [2.75, 3.05) is 24.9 Å². The minimum Gasteiger partial charge on any atom is -0.494 e. The van der Waals surface area contributed by atoms with Crippen molar-refractivity contribution in [3.05, 3.63) is 145 Å². The van der Waals surface area contributed by atoms with Crippen LogP contribution in [-0.2, 0) is 0 Å². The number of hydrogen-bond donors (Lipinski definition) is 2. The Labute approximate surface area is 287 Å². The number of rotatable bonds is 10. The molecule has 0 fully saturated rings. The zero-order valence-electron chi connectivity index (χ0n) is 26.9. The Kier molecular flexibility index (Phi) is 12.0. The van der Waals surface area contributed by atoms with Crippen LogP contribution in [0.2, 0.25) is 0 Å². The van der Waals surface area contributed by atoms with E-state index in [0.717, 1.165) is 0 Å². The highest BCUT2D eigenvalue weighted by atomic mass is 16.5. The van der Waals surface area contributed by atoms with E-state index >= 15 is 0 Å². The van der Waals surface area contributed by atoms with Gasteiger partial charge >= 0.3 is 0 Å². The summed E-state index contributed by atoms with van der Waals surface area (Å²) in [6.45, 7) is 0. The summed E-state index contributed by atoms with van der Waals surface area (Å²) in [5.41, 5.74) is 3.16. The van der Waals surface area contributed by atoms with E-state index in [2.05, 4.69) is 51.0 Å². The molecule has 4 heterocycles. The molecule has 0 bridgehead atoms. The Hall–Kier alpha value is -7.22. The standard InChI is InChI=1S/2C18H15N5O2/c2*1-25-16-11-14(22-23-17-6-2-3-10-20-17)7-8-15(16)21-18(24)13-5-4-9-19-12-13/h2*2-12H,1H3,(H,21,24)/b23-22+;23-22-. The van der Waals surface area contributed by atoms with Crippen LogP contribution in [0.5, 0.6) is 11.5 Å². The highest BCUT2D eigenvalue weighted by Crippen LogP contribution is 2.31. The van der Waals surface area contributed by atoms with Crippen molar-refractivity contribution in [3.8, 4) is 11.5 Å². The van der Waals surface area contributed by atoms with Crippen LogP contribution in [0.4, 0.5) is 34.4 Å². The van der Waals surface area contributed by atoms with E-state index in [1.807, 2.05) is 24.3 Å². The van der Waals surface area contributed by atoms with E-state index in [9.17, 15) is 9.59 Å². The fraction of sp³-hybridized carbons (Fsp3) is 0.0556. The lowest BCUT2D eigenvalue weighted by Crippen LogP contribution is -2.12. The molecule has 0 radical (unpaired) electrons. The SMILES string of the molecule is COc1cc(/N=N/c2ccccn2)ccc1NC(=O)c1cccnc1.COc1cc(/N=N\c2ccccn2)ccc1NC(=O)c1cccnc1. The number of pyridine rings is 4. The molecule has 2 N–H and O–H groups in total. The van der Waals surface area contributed by atoms with Gasteiger partial charge in [0, 0.05) is 49.3 Å². The molecule has 4 aromatic heterocycles. The van der Waals surface area contributed by atoms with Gasteiger partial charge in [0.2, 0.25) is 0 Å². The van der Waals surface area contributed by atoms with Crippen molar-refractivity contribution >= 4 is 46.2 Å². The Morgan fingerprint density at radius 3 is 1.36 bits per heavy atom. The lowest BCUT2D eigenvalue weighted by Gasteiger charge is -2.10. The van der Waals surface area contributed by atoms with Crippen molar-refractivity contribution < 1.29 is 19.1 Å². The molecule has 14 nitrogen and oxygen atoms in total. The van der Waals surface area contributed by atoms with Gasteiger partial charge in [-0.1, -0.05) is 12.1 Å². The minimum absolute atomic E-state index is 0.269. The van der Waals surface area contributed by atoms with Crippen LogP contribution < -0.4 is 20.1 Å². The molecule has 2 amide bonds. The molecule has 248 valence electrons. The van der Waals surface area contributed by atoms with E-state index < -0.39 is 0 Å². The third-order valence-corrected chi connectivity index (χ3v) is 6.55. The molecule has 0 aliphatic heterocycles. The number of ether oxygens (including phenoxy) is 2. The predicted molar refractivity (Wildman–Crippen MR) is 187 cm³/mol. The summed E-state index contributed by atoms with van der Waals surface area (Å²) < 4.78 is 10.7. The maximum absolute atomic E-state index is 12.2. The highest BCUT2D eigenvalue weighted by molar-refractivity contribution is 6.05. The molecule has 0 atom stereocenters. The van der Waals surface area contributed by atoms with Crippen molar-refractivity contribution in [2.24, 2.45) is 20.5 Å². The summed E-state index contributed by atoms with van der Waals surface area (Å²) in [5.74, 6) is 1.44. The molecule has 6 aromatic rings. The number of nitrogens with one attached hydrogen (secondary N) is 2. The lowest BCUT2D eigenvalue weighted by atomic mass is 10.2. The van der Waals surface area contributed by atoms with Gasteiger partial charge in [-0.25, -0.2) is 9.97 Å². The van der Waals surface area contributed by atoms with Gasteiger partial charge in [-0.3, -0.25) is 19.6 Å². The maximum Gasteiger partial charge on any atom is 0.257 e. The molecule has 0 aliphatic rings. The Balaban J connectivity index is 0.000000194. The summed E-state index contributed by atoms with van der Waals surface area (Å²) >= 11 is 0. The fourth-order valence-corrected chi connectivity index (χ4v) is 4.12. The van der Waals surface area contributed by atoms with E-state index in [4.69, 9.17) is 9.47 Å². The molecular formula is C36H30N10O4. The molecule has 2 aromatic carbocycles. The van der Waals surface area contributed by atoms with Crippen LogP contribution in [-0.4, -0.2) is 46.0 Å². The van der Waals surface area contributed by atoms with Crippen molar-refractivity contribution in [1.82, 2.24) is 19.9 Å². The Morgan fingerprint density at radius 2 is 1.00 bits per heavy atom. The summed E-state index contributed by atoms with van der Waals surface area (Å²) in [6.07, 6.45) is 9.50. The van der Waals surface area contributed by atoms with E-state index in [1.165, 1.54) is 26.6 Å². The molecule has 14 heteroatoms. The fourth-order valence-electron chi connectivity index (χ4n) is 4.12. The number of nitrogens with zero attached hydrogens (tertiary/aromatic N) is 8. The number of anilines is 2. The summed E-state index contributed by atoms with van der Waals surface area (Å²) in [4.78, 5) is 40.5. The molecular weight excluding hydrogens is 636 g/mol. The van der Waals surface area contributed by atoms with Crippen molar-refractivity contribution in [3.63, 3.8) is 0 Å². The second-order valence-electron chi connectivity index (χ2n) is 9.94. The number of carbonyl (C=O) groups excluding carboxylic acids is 2.